The fourth-order valence-corrected chi connectivity index (χ4v) is 1.40. The molecule has 0 rings (SSSR count). The van der Waals surface area contributed by atoms with Crippen molar-refractivity contribution < 1.29 is 158 Å². The number of hydrogen-bond acceptors (Lipinski definition) is 13. The quantitative estimate of drug-likeness (QED) is 0.141. The normalized spacial score (nSPS) is 10.6. The maximum atomic E-state index is 10.2. The molecular formula is C12H19N2Na3O14. The first-order valence-electron chi connectivity index (χ1n) is 6.28. The van der Waals surface area contributed by atoms with Gasteiger partial charge in [0.2, 0.25) is 0 Å². The van der Waals surface area contributed by atoms with Gasteiger partial charge in [0, 0.05) is 12.4 Å². The molecule has 31 heavy (non-hydrogen) atoms. The minimum atomic E-state index is -2.91. The van der Waals surface area contributed by atoms with Crippen LogP contribution in [0.5, 0.6) is 0 Å². The van der Waals surface area contributed by atoms with Crippen molar-refractivity contribution >= 4 is 35.8 Å². The molecule has 0 saturated heterocycles. The number of carbonyl (C=O) groups excluding carboxylic acids is 3. The van der Waals surface area contributed by atoms with Crippen molar-refractivity contribution in [2.24, 2.45) is 0 Å². The zero-order chi connectivity index (χ0) is 21.3. The predicted octanol–water partition coefficient (Wildman–Crippen LogP) is -15.2. The van der Waals surface area contributed by atoms with Crippen LogP contribution in [0.25, 0.3) is 0 Å². The van der Waals surface area contributed by atoms with Gasteiger partial charge in [-0.05, 0) is 0 Å². The number of aliphatic hydroxyl groups is 2. The van der Waals surface area contributed by atoms with Gasteiger partial charge in [-0.3, -0.25) is 14.4 Å². The third kappa shape index (κ3) is 22.6. The van der Waals surface area contributed by atoms with Crippen LogP contribution in [0, 0.1) is 0 Å². The summed E-state index contributed by atoms with van der Waals surface area (Å²) in [5.74, 6) is -11.0. The molecule has 0 fully saturated rings. The average Bonchev–Trinajstić information content (AvgIpc) is 2.34. The summed E-state index contributed by atoms with van der Waals surface area (Å²) in [4.78, 5) is 60.5. The SMILES string of the molecule is N.N.O=C(O)CC(O)(CC(=O)O)C(=O)[O-].O=C([O-])CC(O)(CC(=O)O)C(=O)[O-].[Na+].[Na+].[Na+]. The van der Waals surface area contributed by atoms with Crippen LogP contribution in [0.4, 0.5) is 0 Å². The molecule has 0 heterocycles. The van der Waals surface area contributed by atoms with E-state index in [2.05, 4.69) is 0 Å². The Kier molecular flexibility index (Phi) is 33.4. The Morgan fingerprint density at radius 1 is 0.548 bits per heavy atom. The van der Waals surface area contributed by atoms with Crippen LogP contribution in [0.2, 0.25) is 0 Å². The van der Waals surface area contributed by atoms with E-state index in [0.29, 0.717) is 0 Å². The molecule has 19 heteroatoms. The van der Waals surface area contributed by atoms with Crippen molar-refractivity contribution in [2.75, 3.05) is 0 Å². The third-order valence-electron chi connectivity index (χ3n) is 2.53. The Morgan fingerprint density at radius 3 is 0.871 bits per heavy atom. The van der Waals surface area contributed by atoms with E-state index in [9.17, 15) is 44.1 Å². The Hall–Kier alpha value is -0.340. The Labute approximate surface area is 241 Å². The van der Waals surface area contributed by atoms with Crippen LogP contribution in [0.3, 0.4) is 0 Å². The molecule has 0 aromatic carbocycles. The van der Waals surface area contributed by atoms with Crippen molar-refractivity contribution in [3.63, 3.8) is 0 Å². The second-order valence-corrected chi connectivity index (χ2v) is 4.90. The van der Waals surface area contributed by atoms with Crippen LogP contribution < -0.4 is 116 Å². The summed E-state index contributed by atoms with van der Waals surface area (Å²) in [6.07, 6.45) is -4.98. The molecule has 0 amide bonds. The van der Waals surface area contributed by atoms with Gasteiger partial charge in [-0.15, -0.1) is 0 Å². The van der Waals surface area contributed by atoms with Crippen LogP contribution >= 0.6 is 0 Å². The summed E-state index contributed by atoms with van der Waals surface area (Å²) < 4.78 is 0. The molecule has 0 aromatic heterocycles. The van der Waals surface area contributed by atoms with Crippen LogP contribution in [0.15, 0.2) is 0 Å². The van der Waals surface area contributed by atoms with Crippen molar-refractivity contribution in [1.29, 1.82) is 0 Å². The smallest absolute Gasteiger partial charge is 0.550 e. The van der Waals surface area contributed by atoms with Gasteiger partial charge in [-0.2, -0.15) is 0 Å². The van der Waals surface area contributed by atoms with Gasteiger partial charge in [0.1, 0.15) is 11.2 Å². The van der Waals surface area contributed by atoms with Gasteiger partial charge in [0.25, 0.3) is 0 Å². The molecule has 0 aliphatic heterocycles. The summed E-state index contributed by atoms with van der Waals surface area (Å²) in [6, 6.07) is 0. The topological polar surface area (TPSA) is 343 Å². The summed E-state index contributed by atoms with van der Waals surface area (Å²) >= 11 is 0. The van der Waals surface area contributed by atoms with Gasteiger partial charge in [0.15, 0.2) is 0 Å². The van der Waals surface area contributed by atoms with E-state index < -0.39 is 72.7 Å². The van der Waals surface area contributed by atoms with Gasteiger partial charge >= 0.3 is 107 Å². The monoisotopic (exact) mass is 484 g/mol. The number of rotatable bonds is 10. The van der Waals surface area contributed by atoms with Crippen molar-refractivity contribution in [3.05, 3.63) is 0 Å². The molecular weight excluding hydrogens is 465 g/mol. The van der Waals surface area contributed by atoms with Gasteiger partial charge < -0.3 is 67.5 Å². The van der Waals surface area contributed by atoms with Gasteiger partial charge in [-0.25, -0.2) is 0 Å². The van der Waals surface area contributed by atoms with Gasteiger partial charge in [0.05, 0.1) is 31.2 Å². The van der Waals surface area contributed by atoms with Crippen molar-refractivity contribution in [3.8, 4) is 0 Å². The zero-order valence-corrected chi connectivity index (χ0v) is 23.2. The van der Waals surface area contributed by atoms with E-state index in [1.807, 2.05) is 0 Å². The standard InChI is InChI=1S/2C6H8O7.2H3N.3Na/c2*7-3(8)1-6(13,5(11)12)2-4(9)10;;;;;/h2*13H,1-2H2,(H,7,8)(H,9,10)(H,11,12);2*1H3;;;/q;;;;3*+1/p-3. The predicted molar refractivity (Wildman–Crippen MR) is 76.3 cm³/mol. The van der Waals surface area contributed by atoms with Crippen molar-refractivity contribution in [1.82, 2.24) is 12.3 Å². The summed E-state index contributed by atoms with van der Waals surface area (Å²) in [7, 11) is 0. The first kappa shape index (κ1) is 48.2. The summed E-state index contributed by atoms with van der Waals surface area (Å²) in [6.45, 7) is 0. The number of hydrogen-bond donors (Lipinski definition) is 7. The van der Waals surface area contributed by atoms with Gasteiger partial charge in [-0.1, -0.05) is 0 Å². The number of carbonyl (C=O) groups is 6. The Bertz CT molecular complexity index is 531. The zero-order valence-electron chi connectivity index (χ0n) is 17.2. The second-order valence-electron chi connectivity index (χ2n) is 4.90. The number of aliphatic carboxylic acids is 6. The maximum absolute atomic E-state index is 10.2. The molecule has 0 saturated carbocycles. The molecule has 0 aromatic rings. The molecule has 11 N–H and O–H groups in total. The molecule has 16 nitrogen and oxygen atoms in total. The molecule has 1 atom stereocenters. The number of carboxylic acid groups (broad SMARTS) is 6. The fraction of sp³-hybridized carbons (Fsp3) is 0.500. The molecule has 0 radical (unpaired) electrons. The fourth-order valence-electron chi connectivity index (χ4n) is 1.40. The van der Waals surface area contributed by atoms with E-state index in [1.165, 1.54) is 0 Å². The molecule has 0 spiro atoms. The molecule has 1 unspecified atom stereocenters. The van der Waals surface area contributed by atoms with Crippen molar-refractivity contribution in [2.45, 2.75) is 36.9 Å². The first-order chi connectivity index (χ1) is 11.6. The minimum Gasteiger partial charge on any atom is -0.550 e. The molecule has 164 valence electrons. The Morgan fingerprint density at radius 2 is 0.742 bits per heavy atom. The first-order valence-corrected chi connectivity index (χ1v) is 6.28. The van der Waals surface area contributed by atoms with E-state index in [-0.39, 0.29) is 101 Å². The largest absolute Gasteiger partial charge is 1.00 e. The molecule has 0 aliphatic rings. The molecule has 0 aliphatic carbocycles. The maximum Gasteiger partial charge on any atom is 1.00 e. The van der Waals surface area contributed by atoms with Crippen LogP contribution in [-0.2, 0) is 28.8 Å². The third-order valence-corrected chi connectivity index (χ3v) is 2.53. The summed E-state index contributed by atoms with van der Waals surface area (Å²) in [5.41, 5.74) is -5.76. The van der Waals surface area contributed by atoms with E-state index in [1.54, 1.807) is 0 Å². The van der Waals surface area contributed by atoms with Crippen LogP contribution in [-0.4, -0.2) is 72.6 Å². The van der Waals surface area contributed by atoms with E-state index >= 15 is 0 Å². The minimum absolute atomic E-state index is 0. The second kappa shape index (κ2) is 21.5. The van der Waals surface area contributed by atoms with Crippen LogP contribution in [0.1, 0.15) is 25.7 Å². The number of carboxylic acids is 6. The summed E-state index contributed by atoms with van der Waals surface area (Å²) in [5, 5.41) is 72.8. The van der Waals surface area contributed by atoms with E-state index in [4.69, 9.17) is 25.5 Å². The average molecular weight is 484 g/mol. The van der Waals surface area contributed by atoms with E-state index in [0.717, 1.165) is 0 Å². The Balaban J connectivity index is -0.0000000640. The molecule has 0 bridgehead atoms.